The Morgan fingerprint density at radius 2 is 1.00 bits per heavy atom. The van der Waals surface area contributed by atoms with E-state index in [2.05, 4.69) is 34.8 Å². The first-order chi connectivity index (χ1) is 19.2. The maximum atomic E-state index is 9.75. The third-order valence-electron chi connectivity index (χ3n) is 6.79. The van der Waals surface area contributed by atoms with Crippen LogP contribution in [0.5, 0.6) is 0 Å². The molecule has 11 heteroatoms. The number of imidazole rings is 1. The van der Waals surface area contributed by atoms with Crippen molar-refractivity contribution in [3.8, 4) is 0 Å². The first kappa shape index (κ1) is 39.1. The average Bonchev–Trinajstić information content (AvgIpc) is 3.34. The maximum Gasteiger partial charge on any atom is 0.673 e. The molecular weight excluding hydrogens is 539 g/mol. The molecular formula is C29H59BF4N2O3Si. The van der Waals surface area contributed by atoms with Gasteiger partial charge in [0, 0.05) is 19.8 Å². The molecule has 1 rings (SSSR count). The van der Waals surface area contributed by atoms with Crippen molar-refractivity contribution in [2.75, 3.05) is 19.8 Å². The lowest BCUT2D eigenvalue weighted by molar-refractivity contribution is -0.696. The standard InChI is InChI=1S/C29H59N2O3Si.BF4/c1-5-9-10-11-12-13-14-15-16-17-18-19-20-21-22-23-24-30-25-26-31(29-30)27-28-35(32-6-2,33-7-3)34-8-4;2-1(3,4)5/h25-26,29H,5-24,27-28H2,1-4H3;/q+1;-1. The Hall–Kier alpha value is -0.908. The van der Waals surface area contributed by atoms with Crippen molar-refractivity contribution in [3.63, 3.8) is 0 Å². The predicted molar refractivity (Wildman–Crippen MR) is 160 cm³/mol. The summed E-state index contributed by atoms with van der Waals surface area (Å²) in [6, 6.07) is 0.816. The Labute approximate surface area is 243 Å². The number of rotatable bonds is 26. The molecule has 5 nitrogen and oxygen atoms in total. The van der Waals surface area contributed by atoms with Crippen LogP contribution in [0.2, 0.25) is 6.04 Å². The molecule has 0 aromatic carbocycles. The first-order valence-corrected chi connectivity index (χ1v) is 18.0. The van der Waals surface area contributed by atoms with E-state index < -0.39 is 16.1 Å². The van der Waals surface area contributed by atoms with Crippen molar-refractivity contribution < 1.29 is 35.1 Å². The zero-order valence-electron chi connectivity index (χ0n) is 26.0. The zero-order chi connectivity index (χ0) is 30.0. The van der Waals surface area contributed by atoms with Crippen LogP contribution in [-0.4, -0.2) is 40.4 Å². The molecule has 0 unspecified atom stereocenters. The Kier molecular flexibility index (Phi) is 25.2. The summed E-state index contributed by atoms with van der Waals surface area (Å²) in [5.41, 5.74) is 0. The van der Waals surface area contributed by atoms with E-state index in [1.165, 1.54) is 103 Å². The van der Waals surface area contributed by atoms with Gasteiger partial charge in [0.25, 0.3) is 0 Å². The van der Waals surface area contributed by atoms with Crippen LogP contribution in [0.25, 0.3) is 0 Å². The monoisotopic (exact) mass is 598 g/mol. The second-order valence-electron chi connectivity index (χ2n) is 10.4. The number of hydrogen-bond donors (Lipinski definition) is 0. The van der Waals surface area contributed by atoms with Gasteiger partial charge in [-0.1, -0.05) is 96.8 Å². The van der Waals surface area contributed by atoms with Gasteiger partial charge < -0.3 is 30.5 Å². The Bertz CT molecular complexity index is 661. The summed E-state index contributed by atoms with van der Waals surface area (Å²) in [5.74, 6) is 0. The number of unbranched alkanes of at least 4 members (excludes halogenated alkanes) is 15. The quantitative estimate of drug-likeness (QED) is 0.0461. The van der Waals surface area contributed by atoms with Crippen LogP contribution in [0.4, 0.5) is 17.3 Å². The van der Waals surface area contributed by atoms with Gasteiger partial charge >= 0.3 is 16.1 Å². The molecule has 0 bridgehead atoms. The number of aryl methyl sites for hydroxylation is 2. The SMILES string of the molecule is CCCCCCCCCCCCCCCCCC[n+]1ccn(CC[Si](OCC)(OCC)OCC)c1.F[B-](F)(F)F. The third-order valence-corrected chi connectivity index (χ3v) is 9.81. The second-order valence-corrected chi connectivity index (χ2v) is 13.2. The topological polar surface area (TPSA) is 36.5 Å². The van der Waals surface area contributed by atoms with Crippen LogP contribution in [0.15, 0.2) is 18.7 Å². The summed E-state index contributed by atoms with van der Waals surface area (Å²) in [6.07, 6.45) is 29.2. The summed E-state index contributed by atoms with van der Waals surface area (Å²) in [5, 5.41) is 0. The van der Waals surface area contributed by atoms with E-state index in [1.807, 2.05) is 20.8 Å². The molecule has 1 aromatic rings. The summed E-state index contributed by atoms with van der Waals surface area (Å²) in [7, 11) is -8.56. The van der Waals surface area contributed by atoms with Crippen molar-refractivity contribution in [3.05, 3.63) is 18.7 Å². The van der Waals surface area contributed by atoms with E-state index in [9.17, 15) is 17.3 Å². The van der Waals surface area contributed by atoms with Gasteiger partial charge in [0.1, 0.15) is 12.4 Å². The van der Waals surface area contributed by atoms with Gasteiger partial charge in [0.2, 0.25) is 6.33 Å². The highest BCUT2D eigenvalue weighted by Crippen LogP contribution is 2.17. The molecule has 0 amide bonds. The molecule has 0 saturated carbocycles. The lowest BCUT2D eigenvalue weighted by Gasteiger charge is -2.27. The molecule has 0 aliphatic rings. The molecule has 0 radical (unpaired) electrons. The highest BCUT2D eigenvalue weighted by atomic mass is 28.4. The minimum absolute atomic E-state index is 0.636. The molecule has 0 atom stereocenters. The van der Waals surface area contributed by atoms with Crippen LogP contribution in [-0.2, 0) is 26.4 Å². The van der Waals surface area contributed by atoms with Gasteiger partial charge in [-0.15, -0.1) is 0 Å². The summed E-state index contributed by atoms with van der Waals surface area (Å²) in [6.45, 7) is 12.2. The largest absolute Gasteiger partial charge is 0.673 e. The Balaban J connectivity index is 0.00000277. The van der Waals surface area contributed by atoms with Crippen LogP contribution in [0.1, 0.15) is 130 Å². The molecule has 0 aliphatic heterocycles. The Morgan fingerprint density at radius 3 is 1.38 bits per heavy atom. The lowest BCUT2D eigenvalue weighted by atomic mass is 10.0. The summed E-state index contributed by atoms with van der Waals surface area (Å²) < 4.78 is 61.5. The fourth-order valence-corrected chi connectivity index (χ4v) is 7.35. The minimum Gasteiger partial charge on any atom is -0.418 e. The highest BCUT2D eigenvalue weighted by Gasteiger charge is 2.40. The maximum absolute atomic E-state index is 9.75. The summed E-state index contributed by atoms with van der Waals surface area (Å²) in [4.78, 5) is 0. The molecule has 0 spiro atoms. The van der Waals surface area contributed by atoms with E-state index in [4.69, 9.17) is 13.3 Å². The predicted octanol–water partition coefficient (Wildman–Crippen LogP) is 9.39. The van der Waals surface area contributed by atoms with Crippen molar-refractivity contribution >= 4 is 16.1 Å². The van der Waals surface area contributed by atoms with Crippen molar-refractivity contribution in [2.45, 2.75) is 150 Å². The van der Waals surface area contributed by atoms with Gasteiger partial charge in [0.05, 0.1) is 19.1 Å². The van der Waals surface area contributed by atoms with Gasteiger partial charge in [-0.2, -0.15) is 0 Å². The highest BCUT2D eigenvalue weighted by molar-refractivity contribution is 6.60. The first-order valence-electron chi connectivity index (χ1n) is 16.0. The molecule has 1 heterocycles. The molecule has 40 heavy (non-hydrogen) atoms. The molecule has 0 aliphatic carbocycles. The second kappa shape index (κ2) is 25.8. The normalized spacial score (nSPS) is 12.0. The molecule has 238 valence electrons. The van der Waals surface area contributed by atoms with E-state index in [-0.39, 0.29) is 0 Å². The van der Waals surface area contributed by atoms with E-state index in [0.717, 1.165) is 19.1 Å². The Morgan fingerprint density at radius 1 is 0.625 bits per heavy atom. The van der Waals surface area contributed by atoms with Crippen molar-refractivity contribution in [2.24, 2.45) is 0 Å². The molecule has 1 aromatic heterocycles. The smallest absolute Gasteiger partial charge is 0.418 e. The zero-order valence-corrected chi connectivity index (χ0v) is 27.0. The fourth-order valence-electron chi connectivity index (χ4n) is 4.81. The molecule has 0 N–H and O–H groups in total. The van der Waals surface area contributed by atoms with Crippen LogP contribution < -0.4 is 4.57 Å². The third kappa shape index (κ3) is 24.9. The van der Waals surface area contributed by atoms with Crippen LogP contribution in [0, 0.1) is 0 Å². The van der Waals surface area contributed by atoms with Gasteiger partial charge in [-0.25, -0.2) is 9.13 Å². The van der Waals surface area contributed by atoms with Crippen LogP contribution >= 0.6 is 0 Å². The molecule has 0 saturated heterocycles. The summed E-state index contributed by atoms with van der Waals surface area (Å²) >= 11 is 0. The van der Waals surface area contributed by atoms with Gasteiger partial charge in [0.15, 0.2) is 0 Å². The average molecular weight is 599 g/mol. The minimum atomic E-state index is -6.00. The number of halogens is 4. The number of hydrogen-bond acceptors (Lipinski definition) is 3. The lowest BCUT2D eigenvalue weighted by Crippen LogP contribution is -2.46. The van der Waals surface area contributed by atoms with Crippen molar-refractivity contribution in [1.82, 2.24) is 4.57 Å². The number of nitrogens with zero attached hydrogens (tertiary/aromatic N) is 2. The van der Waals surface area contributed by atoms with Crippen LogP contribution in [0.3, 0.4) is 0 Å². The molecule has 0 fully saturated rings. The van der Waals surface area contributed by atoms with E-state index in [1.54, 1.807) is 0 Å². The van der Waals surface area contributed by atoms with E-state index in [0.29, 0.717) is 19.8 Å². The fraction of sp³-hybridized carbons (Fsp3) is 0.897. The number of aromatic nitrogens is 2. The van der Waals surface area contributed by atoms with Gasteiger partial charge in [-0.05, 0) is 33.6 Å². The van der Waals surface area contributed by atoms with Gasteiger partial charge in [-0.3, -0.25) is 0 Å². The van der Waals surface area contributed by atoms with E-state index >= 15 is 0 Å². The van der Waals surface area contributed by atoms with Crippen molar-refractivity contribution in [1.29, 1.82) is 0 Å².